The van der Waals surface area contributed by atoms with Crippen LogP contribution in [0.5, 0.6) is 0 Å². The highest BCUT2D eigenvalue weighted by Gasteiger charge is 2.21. The van der Waals surface area contributed by atoms with E-state index >= 15 is 0 Å². The summed E-state index contributed by atoms with van der Waals surface area (Å²) >= 11 is 6.34. The Morgan fingerprint density at radius 1 is 1.15 bits per heavy atom. The standard InChI is InChI=1S/C21H22ClN3O/c22-18-6-2-1-4-15(18)13-25-19-7-3-5-16(14-8-10-24-11-9-14)17(19)12-20(25)21(23)26/h1-7,12,14,24H,8-11,13H2,(H2,23,26). The van der Waals surface area contributed by atoms with Crippen LogP contribution in [-0.4, -0.2) is 23.6 Å². The molecule has 26 heavy (non-hydrogen) atoms. The number of rotatable bonds is 4. The van der Waals surface area contributed by atoms with Crippen LogP contribution in [0.25, 0.3) is 10.9 Å². The van der Waals surface area contributed by atoms with Crippen molar-refractivity contribution < 1.29 is 4.79 Å². The van der Waals surface area contributed by atoms with Gasteiger partial charge in [-0.1, -0.05) is 41.9 Å². The number of primary amides is 1. The predicted molar refractivity (Wildman–Crippen MR) is 106 cm³/mol. The first-order valence-corrected chi connectivity index (χ1v) is 9.39. The molecule has 0 saturated carbocycles. The third-order valence-electron chi connectivity index (χ3n) is 5.30. The summed E-state index contributed by atoms with van der Waals surface area (Å²) in [7, 11) is 0. The van der Waals surface area contributed by atoms with Gasteiger partial charge in [0.2, 0.25) is 0 Å². The van der Waals surface area contributed by atoms with E-state index in [2.05, 4.69) is 23.5 Å². The Bertz CT molecular complexity index is 957. The molecule has 0 unspecified atom stereocenters. The van der Waals surface area contributed by atoms with Crippen LogP contribution in [0.2, 0.25) is 5.02 Å². The highest BCUT2D eigenvalue weighted by atomic mass is 35.5. The number of benzene rings is 2. The van der Waals surface area contributed by atoms with Gasteiger partial charge in [0.25, 0.3) is 5.91 Å². The topological polar surface area (TPSA) is 60.1 Å². The number of nitrogens with two attached hydrogens (primary N) is 1. The summed E-state index contributed by atoms with van der Waals surface area (Å²) in [6.07, 6.45) is 2.22. The maximum atomic E-state index is 12.1. The molecule has 1 aliphatic rings. The Morgan fingerprint density at radius 2 is 1.92 bits per heavy atom. The first kappa shape index (κ1) is 17.1. The number of carbonyl (C=O) groups excluding carboxylic acids is 1. The monoisotopic (exact) mass is 367 g/mol. The van der Waals surface area contributed by atoms with Crippen LogP contribution in [0, 0.1) is 0 Å². The number of hydrogen-bond acceptors (Lipinski definition) is 2. The van der Waals surface area contributed by atoms with Crippen molar-refractivity contribution >= 4 is 28.4 Å². The van der Waals surface area contributed by atoms with E-state index in [0.717, 1.165) is 42.4 Å². The molecule has 1 saturated heterocycles. The van der Waals surface area contributed by atoms with Gasteiger partial charge in [0.15, 0.2) is 0 Å². The van der Waals surface area contributed by atoms with Crippen LogP contribution in [0.1, 0.15) is 40.4 Å². The second kappa shape index (κ2) is 7.14. The summed E-state index contributed by atoms with van der Waals surface area (Å²) in [6.45, 7) is 2.59. The summed E-state index contributed by atoms with van der Waals surface area (Å²) in [5, 5.41) is 5.23. The van der Waals surface area contributed by atoms with Gasteiger partial charge in [-0.2, -0.15) is 0 Å². The van der Waals surface area contributed by atoms with Gasteiger partial charge in [0.05, 0.1) is 0 Å². The number of aromatic nitrogens is 1. The number of fused-ring (bicyclic) bond motifs is 1. The number of carbonyl (C=O) groups is 1. The van der Waals surface area contributed by atoms with Gasteiger partial charge in [-0.05, 0) is 61.2 Å². The average Bonchev–Trinajstić information content (AvgIpc) is 3.03. The predicted octanol–water partition coefficient (Wildman–Crippen LogP) is 3.91. The van der Waals surface area contributed by atoms with Crippen molar-refractivity contribution in [3.8, 4) is 0 Å². The zero-order valence-electron chi connectivity index (χ0n) is 14.5. The quantitative estimate of drug-likeness (QED) is 0.734. The molecule has 4 nitrogen and oxygen atoms in total. The summed E-state index contributed by atoms with van der Waals surface area (Å²) in [6, 6.07) is 16.0. The van der Waals surface area contributed by atoms with E-state index in [1.807, 2.05) is 34.9 Å². The largest absolute Gasteiger partial charge is 0.364 e. The third kappa shape index (κ3) is 3.11. The Hall–Kier alpha value is -2.30. The normalized spacial score (nSPS) is 15.4. The van der Waals surface area contributed by atoms with Crippen LogP contribution in [0.3, 0.4) is 0 Å². The van der Waals surface area contributed by atoms with E-state index in [4.69, 9.17) is 17.3 Å². The van der Waals surface area contributed by atoms with Gasteiger partial charge >= 0.3 is 0 Å². The third-order valence-corrected chi connectivity index (χ3v) is 5.67. The lowest BCUT2D eigenvalue weighted by atomic mass is 9.88. The minimum Gasteiger partial charge on any atom is -0.364 e. The van der Waals surface area contributed by atoms with Crippen molar-refractivity contribution in [3.05, 3.63) is 70.4 Å². The SMILES string of the molecule is NC(=O)c1cc2c(C3CCNCC3)cccc2n1Cc1ccccc1Cl. The van der Waals surface area contributed by atoms with Crippen LogP contribution >= 0.6 is 11.6 Å². The molecule has 3 N–H and O–H groups in total. The number of amides is 1. The molecule has 1 amide bonds. The Labute approximate surface area is 157 Å². The maximum absolute atomic E-state index is 12.1. The molecule has 0 aliphatic carbocycles. The van der Waals surface area contributed by atoms with Crippen LogP contribution in [0.15, 0.2) is 48.5 Å². The van der Waals surface area contributed by atoms with Gasteiger partial charge in [-0.3, -0.25) is 4.79 Å². The number of halogens is 1. The highest BCUT2D eigenvalue weighted by molar-refractivity contribution is 6.31. The van der Waals surface area contributed by atoms with Crippen LogP contribution in [0.4, 0.5) is 0 Å². The Balaban J connectivity index is 1.85. The van der Waals surface area contributed by atoms with Crippen molar-refractivity contribution in [2.75, 3.05) is 13.1 Å². The summed E-state index contributed by atoms with van der Waals surface area (Å²) in [4.78, 5) is 12.1. The van der Waals surface area contributed by atoms with Crippen LogP contribution < -0.4 is 11.1 Å². The van der Waals surface area contributed by atoms with Gasteiger partial charge < -0.3 is 15.6 Å². The first-order chi connectivity index (χ1) is 12.6. The van der Waals surface area contributed by atoms with E-state index in [1.165, 1.54) is 5.56 Å². The molecule has 0 radical (unpaired) electrons. The van der Waals surface area contributed by atoms with Crippen LogP contribution in [-0.2, 0) is 6.54 Å². The second-order valence-electron chi connectivity index (χ2n) is 6.88. The minimum absolute atomic E-state index is 0.412. The summed E-state index contributed by atoms with van der Waals surface area (Å²) in [5.41, 5.74) is 9.54. The molecular formula is C21H22ClN3O. The molecule has 0 bridgehead atoms. The zero-order valence-corrected chi connectivity index (χ0v) is 15.3. The second-order valence-corrected chi connectivity index (χ2v) is 7.28. The molecule has 0 spiro atoms. The molecule has 5 heteroatoms. The zero-order chi connectivity index (χ0) is 18.1. The fourth-order valence-electron chi connectivity index (χ4n) is 3.97. The Kier molecular flexibility index (Phi) is 4.70. The summed E-state index contributed by atoms with van der Waals surface area (Å²) < 4.78 is 1.99. The van der Waals surface area contributed by atoms with Crippen molar-refractivity contribution in [1.82, 2.24) is 9.88 Å². The van der Waals surface area contributed by atoms with Gasteiger partial charge in [-0.15, -0.1) is 0 Å². The van der Waals surface area contributed by atoms with Gasteiger partial charge in [0.1, 0.15) is 5.69 Å². The molecule has 1 fully saturated rings. The lowest BCUT2D eigenvalue weighted by molar-refractivity contribution is 0.0992. The Morgan fingerprint density at radius 3 is 2.65 bits per heavy atom. The van der Waals surface area contributed by atoms with E-state index in [1.54, 1.807) is 0 Å². The molecular weight excluding hydrogens is 346 g/mol. The molecule has 134 valence electrons. The number of nitrogens with one attached hydrogen (secondary N) is 1. The van der Waals surface area contributed by atoms with E-state index in [-0.39, 0.29) is 0 Å². The van der Waals surface area contributed by atoms with E-state index in [0.29, 0.717) is 23.2 Å². The average molecular weight is 368 g/mol. The van der Waals surface area contributed by atoms with Crippen molar-refractivity contribution in [2.24, 2.45) is 5.73 Å². The minimum atomic E-state index is -0.412. The fraction of sp³-hybridized carbons (Fsp3) is 0.286. The summed E-state index contributed by atoms with van der Waals surface area (Å²) in [5.74, 6) is 0.0985. The van der Waals surface area contributed by atoms with Crippen molar-refractivity contribution in [3.63, 3.8) is 0 Å². The number of nitrogens with zero attached hydrogens (tertiary/aromatic N) is 1. The molecule has 0 atom stereocenters. The molecule has 3 aromatic rings. The molecule has 2 aromatic carbocycles. The van der Waals surface area contributed by atoms with E-state index < -0.39 is 5.91 Å². The lowest BCUT2D eigenvalue weighted by Crippen LogP contribution is -2.26. The maximum Gasteiger partial charge on any atom is 0.265 e. The van der Waals surface area contributed by atoms with E-state index in [9.17, 15) is 4.79 Å². The smallest absolute Gasteiger partial charge is 0.265 e. The molecule has 2 heterocycles. The molecule has 4 rings (SSSR count). The highest BCUT2D eigenvalue weighted by Crippen LogP contribution is 2.34. The fourth-order valence-corrected chi connectivity index (χ4v) is 4.16. The molecule has 1 aliphatic heterocycles. The van der Waals surface area contributed by atoms with Gasteiger partial charge in [0, 0.05) is 22.5 Å². The lowest BCUT2D eigenvalue weighted by Gasteiger charge is -2.23. The number of piperidine rings is 1. The first-order valence-electron chi connectivity index (χ1n) is 9.01. The number of hydrogen-bond donors (Lipinski definition) is 2. The van der Waals surface area contributed by atoms with Gasteiger partial charge in [-0.25, -0.2) is 0 Å². The van der Waals surface area contributed by atoms with Crippen molar-refractivity contribution in [2.45, 2.75) is 25.3 Å². The molecule has 1 aromatic heterocycles. The van der Waals surface area contributed by atoms with Crippen molar-refractivity contribution in [1.29, 1.82) is 0 Å².